The number of hydrogen-bond acceptors (Lipinski definition) is 26. The Hall–Kier alpha value is -1.30. The normalized spacial score (nSPS) is 56.5. The Morgan fingerprint density at radius 2 is 1.10 bits per heavy atom. The number of piperidine rings is 1. The van der Waals surface area contributed by atoms with E-state index < -0.39 is 180 Å². The Labute approximate surface area is 482 Å². The van der Waals surface area contributed by atoms with Gasteiger partial charge in [-0.2, -0.15) is 0 Å². The van der Waals surface area contributed by atoms with Crippen LogP contribution in [0.4, 0.5) is 0 Å². The molecule has 11 aliphatic rings. The fourth-order valence-electron chi connectivity index (χ4n) is 17.6. The van der Waals surface area contributed by atoms with E-state index in [0.29, 0.717) is 54.0 Å². The SMILES string of the molecule is C[C@@H]1CC[C@@H]2[C@@H](C)[C@H]3[C@H](C[C@H]4[C@H]5CC=C6C[C@H](O[C@H]7O[C@@H](CO)[C@H](O[C@H]8O[C@@H](CO)[C@H](O)[C@@H](O[C@H]9O[C@@H](CO[C@H]%10O[C@@H](CO)[C@H](O)[C@@H](O)[C@@H]%10O)[C@H](O)[C@@H](O)[C@@H]9O[C@H]9O[C@@H](C)[C@H](O)[C@@H](O)[C@@H]9O)[C@@H]8O)[C@@H](O)[C@@H]7O)CC[C@@]6(C)[C@@H]5CC[C@@]34C)N2C1. The zero-order valence-electron chi connectivity index (χ0n) is 47.8. The van der Waals surface area contributed by atoms with Gasteiger partial charge in [0.2, 0.25) is 0 Å². The van der Waals surface area contributed by atoms with Crippen LogP contribution in [-0.4, -0.2) is 286 Å². The highest BCUT2D eigenvalue weighted by Crippen LogP contribution is 2.70. The van der Waals surface area contributed by atoms with Gasteiger partial charge in [-0.05, 0) is 111 Å². The van der Waals surface area contributed by atoms with Gasteiger partial charge >= 0.3 is 0 Å². The van der Waals surface area contributed by atoms with E-state index in [9.17, 15) is 76.6 Å². The first kappa shape index (κ1) is 63.3. The first-order chi connectivity index (χ1) is 39.4. The molecule has 26 heteroatoms. The van der Waals surface area contributed by atoms with Crippen LogP contribution in [0.25, 0.3) is 0 Å². The largest absolute Gasteiger partial charge is 0.394 e. The van der Waals surface area contributed by atoms with Gasteiger partial charge in [0.15, 0.2) is 31.5 Å². The molecule has 10 fully saturated rings. The monoisotopic (exact) mass is 1190 g/mol. The minimum Gasteiger partial charge on any atom is -0.394 e. The summed E-state index contributed by atoms with van der Waals surface area (Å²) in [6, 6.07) is 1.38. The number of nitrogens with zero attached hydrogens (tertiary/aromatic N) is 1. The molecular formula is C57H93NO25. The second kappa shape index (κ2) is 24.8. The molecule has 0 unspecified atom stereocenters. The van der Waals surface area contributed by atoms with Crippen molar-refractivity contribution in [3.63, 3.8) is 0 Å². The van der Waals surface area contributed by atoms with Crippen molar-refractivity contribution >= 4 is 0 Å². The van der Waals surface area contributed by atoms with E-state index in [2.05, 4.69) is 38.7 Å². The zero-order chi connectivity index (χ0) is 59.5. The molecule has 0 aromatic carbocycles. The fraction of sp³-hybridized carbons (Fsp3) is 0.965. The van der Waals surface area contributed by atoms with E-state index >= 15 is 0 Å². The lowest BCUT2D eigenvalue weighted by molar-refractivity contribution is -0.398. The van der Waals surface area contributed by atoms with Gasteiger partial charge in [-0.1, -0.05) is 39.3 Å². The number of rotatable bonds is 14. The van der Waals surface area contributed by atoms with Gasteiger partial charge in [-0.3, -0.25) is 4.90 Å². The summed E-state index contributed by atoms with van der Waals surface area (Å²) < 4.78 is 59.1. The quantitative estimate of drug-likeness (QED) is 0.0734. The van der Waals surface area contributed by atoms with E-state index in [1.54, 1.807) is 0 Å². The fourth-order valence-corrected chi connectivity index (χ4v) is 17.6. The van der Waals surface area contributed by atoms with E-state index in [1.807, 2.05) is 0 Å². The van der Waals surface area contributed by atoms with Crippen LogP contribution in [0.2, 0.25) is 0 Å². The maximum Gasteiger partial charge on any atom is 0.187 e. The van der Waals surface area contributed by atoms with Crippen LogP contribution >= 0.6 is 0 Å². The number of hydrogen-bond donors (Lipinski definition) is 15. The maximum atomic E-state index is 12.0. The molecule has 3 saturated carbocycles. The number of aliphatic hydroxyl groups excluding tert-OH is 15. The third-order valence-corrected chi connectivity index (χ3v) is 22.2. The van der Waals surface area contributed by atoms with E-state index in [-0.39, 0.29) is 11.5 Å². The van der Waals surface area contributed by atoms with Crippen molar-refractivity contribution in [1.29, 1.82) is 0 Å². The number of aliphatic hydroxyl groups is 15. The molecule has 0 aromatic heterocycles. The molecule has 26 nitrogen and oxygen atoms in total. The van der Waals surface area contributed by atoms with Gasteiger partial charge in [0.25, 0.3) is 0 Å². The van der Waals surface area contributed by atoms with Gasteiger partial charge in [-0.15, -0.1) is 0 Å². The summed E-state index contributed by atoms with van der Waals surface area (Å²) in [6.07, 6.45) is -32.8. The molecule has 0 amide bonds. The highest BCUT2D eigenvalue weighted by molar-refractivity contribution is 5.27. The average molecular weight is 1190 g/mol. The molecule has 7 saturated heterocycles. The van der Waals surface area contributed by atoms with Gasteiger partial charge in [0.1, 0.15) is 116 Å². The molecule has 7 aliphatic heterocycles. The van der Waals surface area contributed by atoms with Gasteiger partial charge in [-0.25, -0.2) is 0 Å². The second-order valence-electron chi connectivity index (χ2n) is 26.9. The van der Waals surface area contributed by atoms with Gasteiger partial charge in [0.05, 0.1) is 38.6 Å². The summed E-state index contributed by atoms with van der Waals surface area (Å²) in [6.45, 7) is 9.27. The molecule has 36 atom stereocenters. The molecule has 83 heavy (non-hydrogen) atoms. The summed E-state index contributed by atoms with van der Waals surface area (Å²) in [4.78, 5) is 2.92. The average Bonchev–Trinajstić information content (AvgIpc) is 1.74. The lowest BCUT2D eigenvalue weighted by Gasteiger charge is -2.58. The lowest BCUT2D eigenvalue weighted by Crippen LogP contribution is -2.68. The topological polar surface area (TPSA) is 399 Å². The van der Waals surface area contributed by atoms with Crippen LogP contribution < -0.4 is 0 Å². The first-order valence-corrected chi connectivity index (χ1v) is 30.4. The predicted octanol–water partition coefficient (Wildman–Crippen LogP) is -4.20. The Kier molecular flexibility index (Phi) is 18.9. The predicted molar refractivity (Wildman–Crippen MR) is 280 cm³/mol. The molecule has 0 spiro atoms. The molecule has 7 heterocycles. The minimum absolute atomic E-state index is 0.0132. The smallest absolute Gasteiger partial charge is 0.187 e. The molecule has 0 radical (unpaired) electrons. The van der Waals surface area contributed by atoms with Crippen molar-refractivity contribution in [2.45, 2.75) is 264 Å². The van der Waals surface area contributed by atoms with Crippen LogP contribution in [0, 0.1) is 46.3 Å². The van der Waals surface area contributed by atoms with Crippen molar-refractivity contribution in [1.82, 2.24) is 4.90 Å². The van der Waals surface area contributed by atoms with Crippen molar-refractivity contribution < 1.29 is 124 Å². The molecule has 4 aliphatic carbocycles. The summed E-state index contributed by atoms with van der Waals surface area (Å²) in [5, 5.41) is 164. The van der Waals surface area contributed by atoms with Crippen molar-refractivity contribution in [2.24, 2.45) is 46.3 Å². The molecule has 0 bridgehead atoms. The molecule has 15 N–H and O–H groups in total. The van der Waals surface area contributed by atoms with Crippen LogP contribution in [0.1, 0.15) is 92.4 Å². The van der Waals surface area contributed by atoms with Gasteiger partial charge in [0, 0.05) is 18.6 Å². The Bertz CT molecular complexity index is 2220. The molecule has 476 valence electrons. The van der Waals surface area contributed by atoms with E-state index in [1.165, 1.54) is 51.1 Å². The summed E-state index contributed by atoms with van der Waals surface area (Å²) in [5.41, 5.74) is 1.66. The van der Waals surface area contributed by atoms with Crippen molar-refractivity contribution in [2.75, 3.05) is 33.0 Å². The lowest BCUT2D eigenvalue weighted by atomic mass is 9.47. The van der Waals surface area contributed by atoms with Crippen LogP contribution in [-0.2, 0) is 47.4 Å². The van der Waals surface area contributed by atoms with E-state index in [4.69, 9.17) is 47.4 Å². The van der Waals surface area contributed by atoms with Crippen molar-refractivity contribution in [3.8, 4) is 0 Å². The van der Waals surface area contributed by atoms with Gasteiger partial charge < -0.3 is 124 Å². The van der Waals surface area contributed by atoms with Crippen LogP contribution in [0.5, 0.6) is 0 Å². The summed E-state index contributed by atoms with van der Waals surface area (Å²) in [5.74, 6) is 4.01. The summed E-state index contributed by atoms with van der Waals surface area (Å²) >= 11 is 0. The zero-order valence-corrected chi connectivity index (χ0v) is 47.8. The van der Waals surface area contributed by atoms with Crippen LogP contribution in [0.15, 0.2) is 11.6 Å². The molecular weight excluding hydrogens is 1100 g/mol. The summed E-state index contributed by atoms with van der Waals surface area (Å²) in [7, 11) is 0. The maximum absolute atomic E-state index is 12.0. The number of ether oxygens (including phenoxy) is 10. The standard InChI is InChI=1S/C57H93NO25/c1-21-6-9-29-22(2)35-30(58(29)16-21)15-28-26-8-7-24-14-25(10-12-56(24,4)27(26)11-13-57(28,35)5)76-53-46(72)43(69)48(33(19-61)79-53)81-54-47(73)49(39(65)32(18-60)78-54)82-55-50(83-52-45(71)40(66)36(62)23(3)75-52)42(68)38(64)34(80-55)20-74-51-44(70)41(67)37(63)31(17-59)77-51/h7,21-23,25-55,59-73H,6,8-20H2,1-5H3/t21-,22-,23+,25-,26+,27-,28+,29-,30+,31+,32+,33+,34+,35+,36+,37+,38+,39+,40-,41-,42-,43+,44+,45+,46+,47+,48+,49-,50+,51+,52-,53+,54-,55-,56-,57-/m1/s1. The number of allylic oxidation sites excluding steroid dienone is 1. The Morgan fingerprint density at radius 1 is 0.518 bits per heavy atom. The molecule has 0 aromatic rings. The van der Waals surface area contributed by atoms with Crippen molar-refractivity contribution in [3.05, 3.63) is 11.6 Å². The highest BCUT2D eigenvalue weighted by Gasteiger charge is 2.67. The minimum atomic E-state index is -2.11. The van der Waals surface area contributed by atoms with E-state index in [0.717, 1.165) is 24.7 Å². The second-order valence-corrected chi connectivity index (χ2v) is 26.9. The Balaban J connectivity index is 0.756. The third-order valence-electron chi connectivity index (χ3n) is 22.2. The molecule has 11 rings (SSSR count). The highest BCUT2D eigenvalue weighted by atomic mass is 16.8. The van der Waals surface area contributed by atoms with Crippen LogP contribution in [0.3, 0.4) is 0 Å². The first-order valence-electron chi connectivity index (χ1n) is 30.4. The third kappa shape index (κ3) is 11.2. The Morgan fingerprint density at radius 3 is 1.82 bits per heavy atom. The number of fused-ring (bicyclic) bond motifs is 9.